The standard InChI is InChI=1S/C12H17NO2/c1-5-9-6-8-7-10(8)13(9)11(14)15-12(2,3)4/h1,8-10H,6-7H2,2-4H3/t8?,9-,10+/m0/s1. The maximum absolute atomic E-state index is 11.9. The molecule has 2 rings (SSSR count). The van der Waals surface area contributed by atoms with Crippen molar-refractivity contribution >= 4 is 6.09 Å². The average Bonchev–Trinajstić information content (AvgIpc) is 2.73. The summed E-state index contributed by atoms with van der Waals surface area (Å²) >= 11 is 0. The molecule has 1 aliphatic heterocycles. The molecule has 0 aromatic rings. The van der Waals surface area contributed by atoms with Gasteiger partial charge < -0.3 is 4.74 Å². The number of hydrogen-bond donors (Lipinski definition) is 0. The lowest BCUT2D eigenvalue weighted by molar-refractivity contribution is 0.0225. The molecule has 2 aliphatic rings. The molecule has 1 heterocycles. The average molecular weight is 207 g/mol. The molecule has 3 heteroatoms. The van der Waals surface area contributed by atoms with Crippen molar-refractivity contribution in [3.8, 4) is 12.3 Å². The van der Waals surface area contributed by atoms with Gasteiger partial charge in [-0.1, -0.05) is 5.92 Å². The van der Waals surface area contributed by atoms with Gasteiger partial charge in [0.1, 0.15) is 5.60 Å². The third-order valence-corrected chi connectivity index (χ3v) is 2.90. The van der Waals surface area contributed by atoms with Crippen molar-refractivity contribution in [2.24, 2.45) is 5.92 Å². The molecule has 2 fully saturated rings. The van der Waals surface area contributed by atoms with Crippen LogP contribution in [0.3, 0.4) is 0 Å². The Morgan fingerprint density at radius 3 is 2.67 bits per heavy atom. The minimum atomic E-state index is -0.441. The Hall–Kier alpha value is -1.17. The van der Waals surface area contributed by atoms with E-state index >= 15 is 0 Å². The molecule has 15 heavy (non-hydrogen) atoms. The van der Waals surface area contributed by atoms with Gasteiger partial charge in [0, 0.05) is 6.04 Å². The van der Waals surface area contributed by atoms with Gasteiger partial charge in [-0.2, -0.15) is 0 Å². The lowest BCUT2D eigenvalue weighted by Crippen LogP contribution is -2.41. The number of likely N-dealkylation sites (tertiary alicyclic amines) is 1. The maximum Gasteiger partial charge on any atom is 0.411 e. The Labute approximate surface area is 90.8 Å². The Morgan fingerprint density at radius 2 is 2.13 bits per heavy atom. The molecular weight excluding hydrogens is 190 g/mol. The minimum Gasteiger partial charge on any atom is -0.444 e. The number of fused-ring (bicyclic) bond motifs is 1. The molecule has 0 N–H and O–H groups in total. The normalized spacial score (nSPS) is 33.2. The zero-order valence-electron chi connectivity index (χ0n) is 9.49. The molecule has 0 aromatic carbocycles. The van der Waals surface area contributed by atoms with Gasteiger partial charge in [0.2, 0.25) is 0 Å². The van der Waals surface area contributed by atoms with E-state index in [2.05, 4.69) is 5.92 Å². The highest BCUT2D eigenvalue weighted by Gasteiger charge is 2.54. The summed E-state index contributed by atoms with van der Waals surface area (Å²) < 4.78 is 5.34. The molecular formula is C12H17NO2. The van der Waals surface area contributed by atoms with E-state index in [-0.39, 0.29) is 12.1 Å². The van der Waals surface area contributed by atoms with E-state index in [4.69, 9.17) is 11.2 Å². The van der Waals surface area contributed by atoms with E-state index in [0.717, 1.165) is 12.8 Å². The summed E-state index contributed by atoms with van der Waals surface area (Å²) in [5, 5.41) is 0. The molecule has 0 aromatic heterocycles. The summed E-state index contributed by atoms with van der Waals surface area (Å²) in [5.41, 5.74) is -0.441. The van der Waals surface area contributed by atoms with Crippen LogP contribution in [0.5, 0.6) is 0 Å². The van der Waals surface area contributed by atoms with Crippen LogP contribution in [0, 0.1) is 18.3 Å². The van der Waals surface area contributed by atoms with Gasteiger partial charge in [0.25, 0.3) is 0 Å². The number of carbonyl (C=O) groups excluding carboxylic acids is 1. The monoisotopic (exact) mass is 207 g/mol. The van der Waals surface area contributed by atoms with Crippen molar-refractivity contribution in [2.45, 2.75) is 51.3 Å². The fraction of sp³-hybridized carbons (Fsp3) is 0.750. The highest BCUT2D eigenvalue weighted by atomic mass is 16.6. The van der Waals surface area contributed by atoms with Gasteiger partial charge in [-0.15, -0.1) is 6.42 Å². The minimum absolute atomic E-state index is 0.0522. The van der Waals surface area contributed by atoms with Crippen LogP contribution >= 0.6 is 0 Å². The molecule has 1 unspecified atom stereocenters. The first-order valence-electron chi connectivity index (χ1n) is 5.40. The fourth-order valence-electron chi connectivity index (χ4n) is 2.18. The second-order valence-corrected chi connectivity index (χ2v) is 5.37. The van der Waals surface area contributed by atoms with Crippen molar-refractivity contribution in [3.63, 3.8) is 0 Å². The van der Waals surface area contributed by atoms with E-state index in [1.807, 2.05) is 20.8 Å². The number of ether oxygens (including phenoxy) is 1. The Morgan fingerprint density at radius 1 is 1.47 bits per heavy atom. The van der Waals surface area contributed by atoms with Crippen LogP contribution in [0.25, 0.3) is 0 Å². The second kappa shape index (κ2) is 3.16. The van der Waals surface area contributed by atoms with Crippen molar-refractivity contribution in [3.05, 3.63) is 0 Å². The van der Waals surface area contributed by atoms with Crippen LogP contribution in [0.1, 0.15) is 33.6 Å². The Bertz CT molecular complexity index is 323. The van der Waals surface area contributed by atoms with Crippen LogP contribution in [0.15, 0.2) is 0 Å². The summed E-state index contributed by atoms with van der Waals surface area (Å²) in [4.78, 5) is 13.6. The van der Waals surface area contributed by atoms with Gasteiger partial charge in [-0.25, -0.2) is 4.79 Å². The number of amides is 1. The van der Waals surface area contributed by atoms with E-state index in [1.165, 1.54) is 0 Å². The molecule has 3 nitrogen and oxygen atoms in total. The van der Waals surface area contributed by atoms with Crippen LogP contribution in [-0.2, 0) is 4.74 Å². The van der Waals surface area contributed by atoms with Crippen molar-refractivity contribution < 1.29 is 9.53 Å². The topological polar surface area (TPSA) is 29.5 Å². The van der Waals surface area contributed by atoms with Crippen LogP contribution in [0.4, 0.5) is 4.79 Å². The number of carbonyl (C=O) groups is 1. The molecule has 1 aliphatic carbocycles. The number of nitrogens with zero attached hydrogens (tertiary/aromatic N) is 1. The van der Waals surface area contributed by atoms with E-state index < -0.39 is 5.60 Å². The summed E-state index contributed by atoms with van der Waals surface area (Å²) in [6.07, 6.45) is 7.19. The molecule has 1 saturated heterocycles. The van der Waals surface area contributed by atoms with Gasteiger partial charge >= 0.3 is 6.09 Å². The molecule has 0 spiro atoms. The third-order valence-electron chi connectivity index (χ3n) is 2.90. The van der Waals surface area contributed by atoms with E-state index in [0.29, 0.717) is 12.0 Å². The molecule has 3 atom stereocenters. The van der Waals surface area contributed by atoms with Gasteiger partial charge in [-0.3, -0.25) is 4.90 Å². The highest BCUT2D eigenvalue weighted by Crippen LogP contribution is 2.48. The van der Waals surface area contributed by atoms with Gasteiger partial charge in [0.05, 0.1) is 6.04 Å². The SMILES string of the molecule is C#C[C@H]1CC2C[C@H]2N1C(=O)OC(C)(C)C. The van der Waals surface area contributed by atoms with Crippen LogP contribution < -0.4 is 0 Å². The van der Waals surface area contributed by atoms with E-state index in [9.17, 15) is 4.79 Å². The maximum atomic E-state index is 11.9. The number of piperidine rings is 1. The van der Waals surface area contributed by atoms with Crippen LogP contribution in [0.2, 0.25) is 0 Å². The summed E-state index contributed by atoms with van der Waals surface area (Å²) in [6, 6.07) is 0.296. The number of rotatable bonds is 0. The highest BCUT2D eigenvalue weighted by molar-refractivity contribution is 5.71. The first-order valence-corrected chi connectivity index (χ1v) is 5.40. The third kappa shape index (κ3) is 1.94. The fourth-order valence-corrected chi connectivity index (χ4v) is 2.18. The van der Waals surface area contributed by atoms with Crippen molar-refractivity contribution in [1.82, 2.24) is 4.90 Å². The number of hydrogen-bond acceptors (Lipinski definition) is 2. The molecule has 1 amide bonds. The molecule has 1 saturated carbocycles. The zero-order chi connectivity index (χ0) is 11.2. The van der Waals surface area contributed by atoms with Crippen molar-refractivity contribution in [1.29, 1.82) is 0 Å². The molecule has 0 radical (unpaired) electrons. The Kier molecular flexibility index (Phi) is 2.18. The quantitative estimate of drug-likeness (QED) is 0.569. The second-order valence-electron chi connectivity index (χ2n) is 5.37. The molecule has 0 bridgehead atoms. The predicted octanol–water partition coefficient (Wildman–Crippen LogP) is 2.02. The van der Waals surface area contributed by atoms with Gasteiger partial charge in [-0.05, 0) is 39.5 Å². The first-order chi connectivity index (χ1) is 6.92. The number of terminal acetylenes is 1. The lowest BCUT2D eigenvalue weighted by Gasteiger charge is -2.28. The summed E-state index contributed by atoms with van der Waals surface area (Å²) in [7, 11) is 0. The first kappa shape index (κ1) is 10.4. The largest absolute Gasteiger partial charge is 0.444 e. The Balaban J connectivity index is 2.04. The lowest BCUT2D eigenvalue weighted by atomic mass is 10.2. The predicted molar refractivity (Wildman–Crippen MR) is 57.2 cm³/mol. The summed E-state index contributed by atoms with van der Waals surface area (Å²) in [6.45, 7) is 5.61. The van der Waals surface area contributed by atoms with Crippen molar-refractivity contribution in [2.75, 3.05) is 0 Å². The van der Waals surface area contributed by atoms with Gasteiger partial charge in [0.15, 0.2) is 0 Å². The molecule has 82 valence electrons. The summed E-state index contributed by atoms with van der Waals surface area (Å²) in [5.74, 6) is 3.29. The zero-order valence-corrected chi connectivity index (χ0v) is 9.49. The van der Waals surface area contributed by atoms with Crippen LogP contribution in [-0.4, -0.2) is 28.7 Å². The smallest absolute Gasteiger partial charge is 0.411 e. The van der Waals surface area contributed by atoms with E-state index in [1.54, 1.807) is 4.90 Å².